The van der Waals surface area contributed by atoms with Crippen molar-refractivity contribution in [2.24, 2.45) is 0 Å². The Bertz CT molecular complexity index is 475. The molecule has 0 radical (unpaired) electrons. The summed E-state index contributed by atoms with van der Waals surface area (Å²) >= 11 is 0. The second kappa shape index (κ2) is 5.79. The van der Waals surface area contributed by atoms with Crippen LogP contribution in [0.3, 0.4) is 0 Å². The summed E-state index contributed by atoms with van der Waals surface area (Å²) in [6.45, 7) is 3.47. The molecular weight excluding hydrogens is 214 g/mol. The second-order valence-corrected chi connectivity index (χ2v) is 3.51. The van der Waals surface area contributed by atoms with Crippen LogP contribution >= 0.6 is 0 Å². The first-order valence-corrected chi connectivity index (χ1v) is 5.62. The van der Waals surface area contributed by atoms with Crippen LogP contribution in [-0.2, 0) is 6.54 Å². The summed E-state index contributed by atoms with van der Waals surface area (Å²) < 4.78 is 1.72. The Morgan fingerprint density at radius 2 is 2.12 bits per heavy atom. The quantitative estimate of drug-likeness (QED) is 0.849. The number of tetrazole rings is 1. The zero-order chi connectivity index (χ0) is 11.9. The number of aromatic nitrogens is 4. The van der Waals surface area contributed by atoms with Crippen molar-refractivity contribution >= 4 is 12.0 Å². The van der Waals surface area contributed by atoms with Crippen molar-refractivity contribution in [1.29, 1.82) is 0 Å². The lowest BCUT2D eigenvalue weighted by Gasteiger charge is -2.01. The molecule has 1 N–H and O–H groups in total. The lowest BCUT2D eigenvalue weighted by molar-refractivity contribution is 0.630. The summed E-state index contributed by atoms with van der Waals surface area (Å²) in [6.07, 6.45) is 4.11. The number of aryl methyl sites for hydroxylation is 1. The van der Waals surface area contributed by atoms with E-state index in [9.17, 15) is 0 Å². The molecule has 17 heavy (non-hydrogen) atoms. The van der Waals surface area contributed by atoms with Gasteiger partial charge in [0.15, 0.2) is 0 Å². The van der Waals surface area contributed by atoms with Crippen molar-refractivity contribution in [1.82, 2.24) is 20.2 Å². The maximum atomic E-state index is 3.89. The largest absolute Gasteiger partial charge is 0.350 e. The minimum Gasteiger partial charge on any atom is -0.350 e. The van der Waals surface area contributed by atoms with E-state index in [0.29, 0.717) is 12.5 Å². The Labute approximate surface area is 100 Å². The highest BCUT2D eigenvalue weighted by molar-refractivity contribution is 5.49. The van der Waals surface area contributed by atoms with Crippen LogP contribution in [0.1, 0.15) is 12.5 Å². The average Bonchev–Trinajstić information content (AvgIpc) is 2.83. The summed E-state index contributed by atoms with van der Waals surface area (Å²) in [4.78, 5) is 0. The van der Waals surface area contributed by atoms with Crippen molar-refractivity contribution in [3.8, 4) is 0 Å². The SMILES string of the molecule is CCn1nnnc1NCC=Cc1ccccc1. The molecule has 1 heterocycles. The normalized spacial score (nSPS) is 10.9. The molecule has 5 heteroatoms. The number of hydrogen-bond acceptors (Lipinski definition) is 4. The van der Waals surface area contributed by atoms with E-state index in [-0.39, 0.29) is 0 Å². The molecule has 0 unspecified atom stereocenters. The summed E-state index contributed by atoms with van der Waals surface area (Å²) in [5, 5.41) is 14.5. The average molecular weight is 229 g/mol. The zero-order valence-corrected chi connectivity index (χ0v) is 9.74. The smallest absolute Gasteiger partial charge is 0.243 e. The number of hydrogen-bond donors (Lipinski definition) is 1. The fourth-order valence-electron chi connectivity index (χ4n) is 1.45. The minimum atomic E-state index is 0.699. The minimum absolute atomic E-state index is 0.699. The molecule has 5 nitrogen and oxygen atoms in total. The summed E-state index contributed by atoms with van der Waals surface area (Å²) in [6, 6.07) is 10.2. The van der Waals surface area contributed by atoms with E-state index in [4.69, 9.17) is 0 Å². The first-order chi connectivity index (χ1) is 8.40. The molecular formula is C12H15N5. The third-order valence-electron chi connectivity index (χ3n) is 2.32. The van der Waals surface area contributed by atoms with Gasteiger partial charge in [0.05, 0.1) is 0 Å². The molecule has 0 saturated heterocycles. The Morgan fingerprint density at radius 1 is 1.29 bits per heavy atom. The molecule has 0 fully saturated rings. The topological polar surface area (TPSA) is 55.6 Å². The van der Waals surface area contributed by atoms with E-state index in [1.807, 2.05) is 31.2 Å². The first-order valence-electron chi connectivity index (χ1n) is 5.62. The molecule has 0 spiro atoms. The van der Waals surface area contributed by atoms with Crippen LogP contribution in [0.5, 0.6) is 0 Å². The number of nitrogens with zero attached hydrogens (tertiary/aromatic N) is 4. The van der Waals surface area contributed by atoms with Gasteiger partial charge in [-0.05, 0) is 22.9 Å². The van der Waals surface area contributed by atoms with Crippen LogP contribution in [-0.4, -0.2) is 26.8 Å². The number of nitrogens with one attached hydrogen (secondary N) is 1. The molecule has 0 aliphatic carbocycles. The first kappa shape index (κ1) is 11.3. The van der Waals surface area contributed by atoms with Crippen LogP contribution in [0.25, 0.3) is 6.08 Å². The van der Waals surface area contributed by atoms with Gasteiger partial charge >= 0.3 is 0 Å². The number of benzene rings is 1. The predicted octanol–water partition coefficient (Wildman–Crippen LogP) is 1.82. The molecule has 0 bridgehead atoms. The molecule has 88 valence electrons. The molecule has 0 atom stereocenters. The van der Waals surface area contributed by atoms with E-state index >= 15 is 0 Å². The molecule has 0 saturated carbocycles. The highest BCUT2D eigenvalue weighted by Crippen LogP contribution is 2.02. The fourth-order valence-corrected chi connectivity index (χ4v) is 1.45. The number of rotatable bonds is 5. The van der Waals surface area contributed by atoms with E-state index in [1.165, 1.54) is 5.56 Å². The maximum absolute atomic E-state index is 3.89. The molecule has 0 amide bonds. The molecule has 0 aliphatic rings. The lowest BCUT2D eigenvalue weighted by Crippen LogP contribution is -2.07. The van der Waals surface area contributed by atoms with Gasteiger partial charge in [-0.2, -0.15) is 0 Å². The third-order valence-corrected chi connectivity index (χ3v) is 2.32. The molecule has 2 aromatic rings. The Morgan fingerprint density at radius 3 is 2.88 bits per heavy atom. The van der Waals surface area contributed by atoms with Crippen LogP contribution in [0.4, 0.5) is 5.95 Å². The van der Waals surface area contributed by atoms with Gasteiger partial charge < -0.3 is 5.32 Å². The molecule has 1 aromatic carbocycles. The van der Waals surface area contributed by atoms with Crippen LogP contribution < -0.4 is 5.32 Å². The summed E-state index contributed by atoms with van der Waals surface area (Å²) in [7, 11) is 0. The van der Waals surface area contributed by atoms with E-state index < -0.39 is 0 Å². The summed E-state index contributed by atoms with van der Waals surface area (Å²) in [5.74, 6) is 0.699. The molecule has 2 rings (SSSR count). The maximum Gasteiger partial charge on any atom is 0.243 e. The standard InChI is InChI=1S/C12H15N5/c1-2-17-12(14-15-16-17)13-10-6-9-11-7-4-3-5-8-11/h3-9H,2,10H2,1H3,(H,13,14,16). The Balaban J connectivity index is 1.86. The highest BCUT2D eigenvalue weighted by Gasteiger charge is 2.00. The van der Waals surface area contributed by atoms with Gasteiger partial charge in [-0.25, -0.2) is 4.68 Å². The van der Waals surface area contributed by atoms with Crippen molar-refractivity contribution in [3.63, 3.8) is 0 Å². The summed E-state index contributed by atoms with van der Waals surface area (Å²) in [5.41, 5.74) is 1.18. The van der Waals surface area contributed by atoms with Gasteiger partial charge in [0.2, 0.25) is 5.95 Å². The monoisotopic (exact) mass is 229 g/mol. The van der Waals surface area contributed by atoms with Crippen molar-refractivity contribution in [2.45, 2.75) is 13.5 Å². The fraction of sp³-hybridized carbons (Fsp3) is 0.250. The molecule has 0 aliphatic heterocycles. The Hall–Kier alpha value is -2.17. The van der Waals surface area contributed by atoms with Gasteiger partial charge in [0.25, 0.3) is 0 Å². The third kappa shape index (κ3) is 3.14. The second-order valence-electron chi connectivity index (χ2n) is 3.51. The van der Waals surface area contributed by atoms with Crippen LogP contribution in [0.2, 0.25) is 0 Å². The zero-order valence-electron chi connectivity index (χ0n) is 9.74. The lowest BCUT2D eigenvalue weighted by atomic mass is 10.2. The Kier molecular flexibility index (Phi) is 3.85. The van der Waals surface area contributed by atoms with Gasteiger partial charge in [-0.15, -0.1) is 0 Å². The van der Waals surface area contributed by atoms with Gasteiger partial charge in [-0.1, -0.05) is 47.6 Å². The van der Waals surface area contributed by atoms with E-state index in [1.54, 1.807) is 4.68 Å². The van der Waals surface area contributed by atoms with Crippen molar-refractivity contribution in [3.05, 3.63) is 42.0 Å². The van der Waals surface area contributed by atoms with Gasteiger partial charge in [0, 0.05) is 13.1 Å². The van der Waals surface area contributed by atoms with Crippen molar-refractivity contribution < 1.29 is 0 Å². The van der Waals surface area contributed by atoms with Crippen molar-refractivity contribution in [2.75, 3.05) is 11.9 Å². The van der Waals surface area contributed by atoms with Gasteiger partial charge in [-0.3, -0.25) is 0 Å². The van der Waals surface area contributed by atoms with Crippen LogP contribution in [0.15, 0.2) is 36.4 Å². The predicted molar refractivity (Wildman–Crippen MR) is 67.5 cm³/mol. The number of anilines is 1. The van der Waals surface area contributed by atoms with Crippen LogP contribution in [0, 0.1) is 0 Å². The van der Waals surface area contributed by atoms with E-state index in [0.717, 1.165) is 6.54 Å². The van der Waals surface area contributed by atoms with E-state index in [2.05, 4.69) is 39.1 Å². The highest BCUT2D eigenvalue weighted by atomic mass is 15.6. The van der Waals surface area contributed by atoms with Gasteiger partial charge in [0.1, 0.15) is 0 Å². The molecule has 1 aromatic heterocycles.